The summed E-state index contributed by atoms with van der Waals surface area (Å²) in [6, 6.07) is 8.99. The Morgan fingerprint density at radius 3 is 2.86 bits per heavy atom. The standard InChI is InChI=1S/C15H12ClFN2O3/c16-10-2-1-3-11(17)14(10)19-15(20)18-7-9-4-5-12-13(6-9)22-8-21-12/h1-6H,7-8H2,(H2,18,19,20). The summed E-state index contributed by atoms with van der Waals surface area (Å²) in [5.41, 5.74) is 0.784. The summed E-state index contributed by atoms with van der Waals surface area (Å²) in [6.07, 6.45) is 0. The quantitative estimate of drug-likeness (QED) is 0.909. The minimum atomic E-state index is -0.592. The molecule has 1 heterocycles. The first-order valence-electron chi connectivity index (χ1n) is 6.51. The highest BCUT2D eigenvalue weighted by Crippen LogP contribution is 2.32. The van der Waals surface area contributed by atoms with Gasteiger partial charge in [0.05, 0.1) is 10.7 Å². The summed E-state index contributed by atoms with van der Waals surface area (Å²) in [7, 11) is 0. The molecule has 0 atom stereocenters. The van der Waals surface area contributed by atoms with Crippen LogP contribution < -0.4 is 20.1 Å². The molecule has 22 heavy (non-hydrogen) atoms. The summed E-state index contributed by atoms with van der Waals surface area (Å²) < 4.78 is 24.0. The molecule has 0 aliphatic carbocycles. The number of anilines is 1. The predicted octanol–water partition coefficient (Wildman–Crippen LogP) is 3.53. The molecule has 0 saturated carbocycles. The molecular formula is C15H12ClFN2O3. The number of fused-ring (bicyclic) bond motifs is 1. The Kier molecular flexibility index (Phi) is 4.02. The average molecular weight is 323 g/mol. The van der Waals surface area contributed by atoms with Gasteiger partial charge in [0, 0.05) is 6.54 Å². The van der Waals surface area contributed by atoms with Gasteiger partial charge in [0.1, 0.15) is 5.82 Å². The van der Waals surface area contributed by atoms with Crippen LogP contribution in [-0.2, 0) is 6.54 Å². The van der Waals surface area contributed by atoms with Gasteiger partial charge in [0.2, 0.25) is 6.79 Å². The van der Waals surface area contributed by atoms with Crippen LogP contribution in [0.15, 0.2) is 36.4 Å². The molecule has 114 valence electrons. The molecule has 0 saturated heterocycles. The summed E-state index contributed by atoms with van der Waals surface area (Å²) in [4.78, 5) is 11.8. The Bertz CT molecular complexity index is 704. The molecule has 1 aliphatic rings. The van der Waals surface area contributed by atoms with E-state index < -0.39 is 11.8 Å². The summed E-state index contributed by atoms with van der Waals surface area (Å²) in [5.74, 6) is 0.717. The summed E-state index contributed by atoms with van der Waals surface area (Å²) in [5, 5.41) is 5.15. The second-order valence-corrected chi connectivity index (χ2v) is 5.00. The molecule has 3 rings (SSSR count). The number of benzene rings is 2. The van der Waals surface area contributed by atoms with Crippen molar-refractivity contribution in [1.82, 2.24) is 5.32 Å². The van der Waals surface area contributed by atoms with Crippen LogP contribution >= 0.6 is 11.6 Å². The molecular weight excluding hydrogens is 311 g/mol. The largest absolute Gasteiger partial charge is 0.454 e. The van der Waals surface area contributed by atoms with E-state index >= 15 is 0 Å². The second kappa shape index (κ2) is 6.11. The summed E-state index contributed by atoms with van der Waals surface area (Å²) >= 11 is 5.84. The Labute approximate surface area is 131 Å². The SMILES string of the molecule is O=C(NCc1ccc2c(c1)OCO2)Nc1c(F)cccc1Cl. The zero-order valence-corrected chi connectivity index (χ0v) is 12.1. The third-order valence-electron chi connectivity index (χ3n) is 3.09. The van der Waals surface area contributed by atoms with E-state index in [9.17, 15) is 9.18 Å². The van der Waals surface area contributed by atoms with Gasteiger partial charge in [0.15, 0.2) is 11.5 Å². The van der Waals surface area contributed by atoms with E-state index in [0.29, 0.717) is 11.5 Å². The number of carbonyl (C=O) groups excluding carboxylic acids is 1. The average Bonchev–Trinajstić information content (AvgIpc) is 2.96. The van der Waals surface area contributed by atoms with Gasteiger partial charge in [-0.05, 0) is 29.8 Å². The monoisotopic (exact) mass is 322 g/mol. The lowest BCUT2D eigenvalue weighted by Gasteiger charge is -2.10. The minimum Gasteiger partial charge on any atom is -0.454 e. The van der Waals surface area contributed by atoms with Crippen molar-refractivity contribution >= 4 is 23.3 Å². The molecule has 2 aromatic carbocycles. The minimum absolute atomic E-state index is 0.0487. The zero-order valence-electron chi connectivity index (χ0n) is 11.4. The first-order chi connectivity index (χ1) is 10.6. The maximum atomic E-state index is 13.6. The molecule has 2 aromatic rings. The fourth-order valence-corrected chi connectivity index (χ4v) is 2.22. The van der Waals surface area contributed by atoms with E-state index in [1.165, 1.54) is 18.2 Å². The van der Waals surface area contributed by atoms with E-state index in [1.54, 1.807) is 12.1 Å². The van der Waals surface area contributed by atoms with Crippen molar-refractivity contribution in [3.63, 3.8) is 0 Å². The van der Waals surface area contributed by atoms with E-state index in [-0.39, 0.29) is 24.0 Å². The van der Waals surface area contributed by atoms with Crippen LogP contribution in [0.3, 0.4) is 0 Å². The van der Waals surface area contributed by atoms with E-state index in [2.05, 4.69) is 10.6 Å². The molecule has 0 radical (unpaired) electrons. The summed E-state index contributed by atoms with van der Waals surface area (Å²) in [6.45, 7) is 0.451. The van der Waals surface area contributed by atoms with Gasteiger partial charge in [-0.2, -0.15) is 0 Å². The van der Waals surface area contributed by atoms with Gasteiger partial charge < -0.3 is 20.1 Å². The Morgan fingerprint density at radius 2 is 2.05 bits per heavy atom. The normalized spacial score (nSPS) is 12.1. The maximum absolute atomic E-state index is 13.6. The number of urea groups is 1. The van der Waals surface area contributed by atoms with Crippen LogP contribution in [0.25, 0.3) is 0 Å². The predicted molar refractivity (Wildman–Crippen MR) is 79.8 cm³/mol. The molecule has 0 bridgehead atoms. The smallest absolute Gasteiger partial charge is 0.319 e. The van der Waals surface area contributed by atoms with Crippen molar-refractivity contribution in [3.8, 4) is 11.5 Å². The van der Waals surface area contributed by atoms with E-state index in [4.69, 9.17) is 21.1 Å². The molecule has 2 amide bonds. The van der Waals surface area contributed by atoms with E-state index in [1.807, 2.05) is 6.07 Å². The number of hydrogen-bond donors (Lipinski definition) is 2. The molecule has 0 fully saturated rings. The van der Waals surface area contributed by atoms with Crippen LogP contribution in [0.1, 0.15) is 5.56 Å². The molecule has 0 spiro atoms. The number of rotatable bonds is 3. The topological polar surface area (TPSA) is 59.6 Å². The highest BCUT2D eigenvalue weighted by molar-refractivity contribution is 6.33. The Hall–Kier alpha value is -2.47. The van der Waals surface area contributed by atoms with Crippen LogP contribution in [0.2, 0.25) is 5.02 Å². The van der Waals surface area contributed by atoms with Gasteiger partial charge in [-0.15, -0.1) is 0 Å². The molecule has 7 heteroatoms. The third-order valence-corrected chi connectivity index (χ3v) is 3.41. The highest BCUT2D eigenvalue weighted by Gasteiger charge is 2.14. The van der Waals surface area contributed by atoms with Gasteiger partial charge >= 0.3 is 6.03 Å². The van der Waals surface area contributed by atoms with Crippen molar-refractivity contribution in [1.29, 1.82) is 0 Å². The fraction of sp³-hybridized carbons (Fsp3) is 0.133. The highest BCUT2D eigenvalue weighted by atomic mass is 35.5. The van der Waals surface area contributed by atoms with E-state index in [0.717, 1.165) is 5.56 Å². The van der Waals surface area contributed by atoms with Gasteiger partial charge in [-0.3, -0.25) is 0 Å². The van der Waals surface area contributed by atoms with Crippen LogP contribution in [-0.4, -0.2) is 12.8 Å². The van der Waals surface area contributed by atoms with Crippen molar-refractivity contribution in [2.75, 3.05) is 12.1 Å². The van der Waals surface area contributed by atoms with Crippen LogP contribution in [0.4, 0.5) is 14.9 Å². The number of amides is 2. The van der Waals surface area contributed by atoms with Crippen molar-refractivity contribution in [3.05, 3.63) is 52.8 Å². The van der Waals surface area contributed by atoms with Crippen LogP contribution in [0.5, 0.6) is 11.5 Å². The van der Waals surface area contributed by atoms with Crippen molar-refractivity contribution in [2.24, 2.45) is 0 Å². The number of halogens is 2. The molecule has 2 N–H and O–H groups in total. The van der Waals surface area contributed by atoms with Gasteiger partial charge in [-0.25, -0.2) is 9.18 Å². The van der Waals surface area contributed by atoms with Gasteiger partial charge in [-0.1, -0.05) is 23.7 Å². The first-order valence-corrected chi connectivity index (χ1v) is 6.88. The fourth-order valence-electron chi connectivity index (χ4n) is 2.01. The maximum Gasteiger partial charge on any atom is 0.319 e. The lowest BCUT2D eigenvalue weighted by atomic mass is 10.2. The zero-order chi connectivity index (χ0) is 15.5. The lowest BCUT2D eigenvalue weighted by Crippen LogP contribution is -2.28. The van der Waals surface area contributed by atoms with Crippen molar-refractivity contribution < 1.29 is 18.7 Å². The van der Waals surface area contributed by atoms with Gasteiger partial charge in [0.25, 0.3) is 0 Å². The molecule has 1 aliphatic heterocycles. The number of hydrogen-bond acceptors (Lipinski definition) is 3. The number of para-hydroxylation sites is 1. The number of carbonyl (C=O) groups is 1. The Balaban J connectivity index is 1.61. The van der Waals surface area contributed by atoms with Crippen molar-refractivity contribution in [2.45, 2.75) is 6.54 Å². The third kappa shape index (κ3) is 3.07. The van der Waals surface area contributed by atoms with Crippen LogP contribution in [0, 0.1) is 5.82 Å². The molecule has 5 nitrogen and oxygen atoms in total. The first kappa shape index (κ1) is 14.5. The Morgan fingerprint density at radius 1 is 1.23 bits per heavy atom. The number of nitrogens with one attached hydrogen (secondary N) is 2. The second-order valence-electron chi connectivity index (χ2n) is 4.59. The number of ether oxygens (including phenoxy) is 2. The lowest BCUT2D eigenvalue weighted by molar-refractivity contribution is 0.174. The molecule has 0 unspecified atom stereocenters. The molecule has 0 aromatic heterocycles.